The van der Waals surface area contributed by atoms with E-state index < -0.39 is 14.0 Å². The molecule has 0 aromatic heterocycles. The highest BCUT2D eigenvalue weighted by atomic mass is 28.3. The minimum atomic E-state index is -1.92. The molecule has 0 aliphatic heterocycles. The molecule has 0 heterocycles. The number of carbonyl (C=O) groups is 1. The van der Waals surface area contributed by atoms with Crippen molar-refractivity contribution in [3.63, 3.8) is 0 Å². The number of hydrogen-bond donors (Lipinski definition) is 1. The van der Waals surface area contributed by atoms with Crippen molar-refractivity contribution >= 4 is 19.2 Å². The molecule has 2 rings (SSSR count). The summed E-state index contributed by atoms with van der Waals surface area (Å²) in [6.07, 6.45) is 0.198. The Balaban J connectivity index is 2.06. The summed E-state index contributed by atoms with van der Waals surface area (Å²) in [5, 5.41) is 10.7. The van der Waals surface area contributed by atoms with Gasteiger partial charge in [-0.05, 0) is 17.0 Å². The molecule has 0 saturated carbocycles. The molecule has 1 N–H and O–H groups in total. The summed E-state index contributed by atoms with van der Waals surface area (Å²) >= 11 is 0. The van der Waals surface area contributed by atoms with Crippen molar-refractivity contribution in [1.82, 2.24) is 0 Å². The number of rotatable bonds is 9. The van der Waals surface area contributed by atoms with Crippen LogP contribution in [0.3, 0.4) is 0 Å². The van der Waals surface area contributed by atoms with E-state index in [1.54, 1.807) is 0 Å². The van der Waals surface area contributed by atoms with Crippen LogP contribution in [0, 0.1) is 5.92 Å². The molecule has 3 nitrogen and oxygen atoms in total. The number of aliphatic carboxylic acids is 1. The van der Waals surface area contributed by atoms with Crippen molar-refractivity contribution in [3.05, 3.63) is 66.2 Å². The molecule has 2 atom stereocenters. The second-order valence-electron chi connectivity index (χ2n) is 7.27. The molecule has 134 valence electrons. The Morgan fingerprint density at radius 1 is 1.04 bits per heavy atom. The Kier molecular flexibility index (Phi) is 6.97. The highest BCUT2D eigenvalue weighted by molar-refractivity contribution is 6.91. The molecule has 2 aromatic rings. The number of carboxylic acids is 1. The molecular weight excluding hydrogens is 328 g/mol. The lowest BCUT2D eigenvalue weighted by molar-refractivity contribution is -0.137. The van der Waals surface area contributed by atoms with Gasteiger partial charge in [0.2, 0.25) is 0 Å². The van der Waals surface area contributed by atoms with Crippen LogP contribution < -0.4 is 5.19 Å². The van der Waals surface area contributed by atoms with Gasteiger partial charge in [-0.3, -0.25) is 4.79 Å². The molecule has 0 fully saturated rings. The maximum absolute atomic E-state index is 11.5. The second-order valence-corrected chi connectivity index (χ2v) is 12.0. The van der Waals surface area contributed by atoms with E-state index in [1.165, 1.54) is 5.19 Å². The third kappa shape index (κ3) is 5.55. The molecule has 25 heavy (non-hydrogen) atoms. The Labute approximate surface area is 151 Å². The van der Waals surface area contributed by atoms with E-state index in [-0.39, 0.29) is 17.9 Å². The first kappa shape index (κ1) is 19.4. The van der Waals surface area contributed by atoms with E-state index in [2.05, 4.69) is 32.2 Å². The van der Waals surface area contributed by atoms with Gasteiger partial charge < -0.3 is 9.84 Å². The van der Waals surface area contributed by atoms with Crippen LogP contribution in [0.4, 0.5) is 0 Å². The van der Waals surface area contributed by atoms with E-state index >= 15 is 0 Å². The summed E-state index contributed by atoms with van der Waals surface area (Å²) in [6, 6.07) is 20.4. The van der Waals surface area contributed by atoms with E-state index in [4.69, 9.17) is 4.74 Å². The summed E-state index contributed by atoms with van der Waals surface area (Å²) in [6.45, 7) is 7.80. The fourth-order valence-corrected chi connectivity index (χ4v) is 7.17. The number of benzene rings is 2. The Bertz CT molecular complexity index is 655. The van der Waals surface area contributed by atoms with Crippen LogP contribution in [0.5, 0.6) is 0 Å². The first-order valence-corrected chi connectivity index (χ1v) is 11.9. The lowest BCUT2D eigenvalue weighted by Gasteiger charge is -2.36. The summed E-state index contributed by atoms with van der Waals surface area (Å²) in [4.78, 5) is 11.5. The van der Waals surface area contributed by atoms with Gasteiger partial charge in [-0.2, -0.15) is 0 Å². The first-order chi connectivity index (χ1) is 11.9. The van der Waals surface area contributed by atoms with Crippen molar-refractivity contribution in [3.8, 4) is 0 Å². The lowest BCUT2D eigenvalue weighted by Crippen LogP contribution is -2.49. The molecular formula is C21H28O3Si. The average molecular weight is 357 g/mol. The predicted molar refractivity (Wildman–Crippen MR) is 105 cm³/mol. The van der Waals surface area contributed by atoms with Crippen molar-refractivity contribution in [2.24, 2.45) is 5.92 Å². The summed E-state index contributed by atoms with van der Waals surface area (Å²) < 4.78 is 5.90. The maximum atomic E-state index is 11.5. The van der Waals surface area contributed by atoms with Crippen molar-refractivity contribution in [2.75, 3.05) is 6.61 Å². The minimum Gasteiger partial charge on any atom is -0.481 e. The SMILES string of the molecule is C[C@@H](COCc1ccccc1)[C@H](CC(=O)O)[Si](C)(C)c1ccccc1. The van der Waals surface area contributed by atoms with Gasteiger partial charge in [0, 0.05) is 13.0 Å². The van der Waals surface area contributed by atoms with Gasteiger partial charge in [0.1, 0.15) is 0 Å². The Hall–Kier alpha value is -1.91. The summed E-state index contributed by atoms with van der Waals surface area (Å²) in [5.41, 5.74) is 1.27. The smallest absolute Gasteiger partial charge is 0.303 e. The minimum absolute atomic E-state index is 0.128. The van der Waals surface area contributed by atoms with E-state index in [0.29, 0.717) is 13.2 Å². The van der Waals surface area contributed by atoms with Gasteiger partial charge in [0.25, 0.3) is 0 Å². The van der Waals surface area contributed by atoms with E-state index in [9.17, 15) is 9.90 Å². The fourth-order valence-electron chi connectivity index (χ4n) is 3.49. The topological polar surface area (TPSA) is 46.5 Å². The van der Waals surface area contributed by atoms with E-state index in [1.807, 2.05) is 48.5 Å². The van der Waals surface area contributed by atoms with Crippen LogP contribution in [-0.4, -0.2) is 25.8 Å². The van der Waals surface area contributed by atoms with Crippen LogP contribution in [-0.2, 0) is 16.1 Å². The van der Waals surface area contributed by atoms with Gasteiger partial charge >= 0.3 is 5.97 Å². The van der Waals surface area contributed by atoms with Gasteiger partial charge in [-0.1, -0.05) is 85.9 Å². The first-order valence-electron chi connectivity index (χ1n) is 8.80. The van der Waals surface area contributed by atoms with Crippen LogP contribution >= 0.6 is 0 Å². The van der Waals surface area contributed by atoms with Crippen molar-refractivity contribution in [1.29, 1.82) is 0 Å². The molecule has 0 unspecified atom stereocenters. The quantitative estimate of drug-likeness (QED) is 0.681. The molecule has 0 radical (unpaired) electrons. The molecule has 4 heteroatoms. The summed E-state index contributed by atoms with van der Waals surface area (Å²) in [5.74, 6) is -0.530. The van der Waals surface area contributed by atoms with Crippen molar-refractivity contribution < 1.29 is 14.6 Å². The zero-order valence-electron chi connectivity index (χ0n) is 15.3. The van der Waals surface area contributed by atoms with Crippen LogP contribution in [0.1, 0.15) is 18.9 Å². The van der Waals surface area contributed by atoms with Crippen LogP contribution in [0.2, 0.25) is 18.6 Å². The highest BCUT2D eigenvalue weighted by Gasteiger charge is 2.38. The Morgan fingerprint density at radius 3 is 2.16 bits per heavy atom. The molecule has 0 amide bonds. The maximum Gasteiger partial charge on any atom is 0.303 e. The number of carboxylic acid groups (broad SMARTS) is 1. The number of hydrogen-bond acceptors (Lipinski definition) is 2. The zero-order chi connectivity index (χ0) is 18.3. The fraction of sp³-hybridized carbons (Fsp3) is 0.381. The van der Waals surface area contributed by atoms with Gasteiger partial charge in [-0.15, -0.1) is 0 Å². The molecule has 0 spiro atoms. The zero-order valence-corrected chi connectivity index (χ0v) is 16.3. The van der Waals surface area contributed by atoms with Crippen LogP contribution in [0.25, 0.3) is 0 Å². The number of ether oxygens (including phenoxy) is 1. The molecule has 2 aromatic carbocycles. The predicted octanol–water partition coefficient (Wildman–Crippen LogP) is 4.30. The van der Waals surface area contributed by atoms with Gasteiger partial charge in [-0.25, -0.2) is 0 Å². The monoisotopic (exact) mass is 356 g/mol. The largest absolute Gasteiger partial charge is 0.481 e. The third-order valence-electron chi connectivity index (χ3n) is 5.02. The second kappa shape index (κ2) is 8.97. The molecule has 0 bridgehead atoms. The highest BCUT2D eigenvalue weighted by Crippen LogP contribution is 2.33. The molecule has 0 aliphatic carbocycles. The summed E-state index contributed by atoms with van der Waals surface area (Å²) in [7, 11) is -1.92. The third-order valence-corrected chi connectivity index (χ3v) is 9.47. The average Bonchev–Trinajstić information content (AvgIpc) is 2.61. The standard InChI is InChI=1S/C21H28O3Si/c1-17(15-24-16-18-10-6-4-7-11-18)20(14-21(22)23)25(2,3)19-12-8-5-9-13-19/h4-13,17,20H,14-16H2,1-3H3,(H,22,23)/t17-,20-/m0/s1. The Morgan fingerprint density at radius 2 is 1.60 bits per heavy atom. The van der Waals surface area contributed by atoms with E-state index in [0.717, 1.165) is 5.56 Å². The molecule has 0 saturated heterocycles. The van der Waals surface area contributed by atoms with Gasteiger partial charge in [0.05, 0.1) is 14.7 Å². The normalized spacial score (nSPS) is 14.0. The van der Waals surface area contributed by atoms with Gasteiger partial charge in [0.15, 0.2) is 0 Å². The van der Waals surface area contributed by atoms with Crippen LogP contribution in [0.15, 0.2) is 60.7 Å². The van der Waals surface area contributed by atoms with Crippen molar-refractivity contribution in [2.45, 2.75) is 38.6 Å². The lowest BCUT2D eigenvalue weighted by atomic mass is 10.1. The molecule has 0 aliphatic rings.